The van der Waals surface area contributed by atoms with Crippen molar-refractivity contribution in [1.29, 1.82) is 0 Å². The third-order valence-electron chi connectivity index (χ3n) is 21.3. The van der Waals surface area contributed by atoms with E-state index in [4.69, 9.17) is 0 Å². The summed E-state index contributed by atoms with van der Waals surface area (Å²) in [4.78, 5) is 189. The lowest BCUT2D eigenvalue weighted by Crippen LogP contribution is -2.68. The van der Waals surface area contributed by atoms with Gasteiger partial charge in [-0.15, -0.1) is 0 Å². The summed E-state index contributed by atoms with van der Waals surface area (Å²) in [7, 11) is 10.7. The zero-order chi connectivity index (χ0) is 78.1. The molecule has 9 atom stereocenters. The van der Waals surface area contributed by atoms with Gasteiger partial charge in [0.1, 0.15) is 71.1 Å². The van der Waals surface area contributed by atoms with Crippen LogP contribution in [0.1, 0.15) is 146 Å². The van der Waals surface area contributed by atoms with Crippen LogP contribution in [0.3, 0.4) is 0 Å². The Balaban J connectivity index is 1.32. The minimum Gasteiger partial charge on any atom is -0.347 e. The number of halogens is 8. The van der Waals surface area contributed by atoms with Crippen molar-refractivity contribution in [3.8, 4) is 0 Å². The molecule has 32 heteroatoms. The molecule has 7 rings (SSSR count). The normalized spacial score (nSPS) is 25.8. The van der Waals surface area contributed by atoms with Gasteiger partial charge in [-0.2, -0.15) is 26.3 Å². The van der Waals surface area contributed by atoms with Crippen molar-refractivity contribution < 1.29 is 92.7 Å². The van der Waals surface area contributed by atoms with E-state index >= 15 is 32.8 Å². The zero-order valence-corrected chi connectivity index (χ0v) is 61.8. The number of carbonyl (C=O) groups is 12. The van der Waals surface area contributed by atoms with Crippen molar-refractivity contribution in [2.75, 3.05) is 82.6 Å². The summed E-state index contributed by atoms with van der Waals surface area (Å²) in [5.41, 5.74) is -5.15. The zero-order valence-electron chi connectivity index (χ0n) is 61.8. The molecule has 5 aliphatic rings. The highest BCUT2D eigenvalue weighted by Gasteiger charge is 2.53. The number of rotatable bonds is 11. The first-order valence-electron chi connectivity index (χ1n) is 35.8. The van der Waals surface area contributed by atoms with Crippen LogP contribution in [-0.2, 0) is 82.7 Å². The summed E-state index contributed by atoms with van der Waals surface area (Å²) >= 11 is 0. The molecule has 3 heterocycles. The van der Waals surface area contributed by atoms with Gasteiger partial charge in [-0.1, -0.05) is 71.2 Å². The average molecular weight is 1490 g/mol. The Hall–Kier alpha value is -8.74. The van der Waals surface area contributed by atoms with Crippen LogP contribution < -0.4 is 16.0 Å². The van der Waals surface area contributed by atoms with E-state index in [1.165, 1.54) is 59.1 Å². The maximum Gasteiger partial charge on any atom is 0.422 e. The van der Waals surface area contributed by atoms with E-state index in [0.717, 1.165) is 65.6 Å². The van der Waals surface area contributed by atoms with Crippen molar-refractivity contribution in [1.82, 2.24) is 60.0 Å². The second-order valence-corrected chi connectivity index (χ2v) is 29.4. The second kappa shape index (κ2) is 35.1. The Kier molecular flexibility index (Phi) is 27.9. The summed E-state index contributed by atoms with van der Waals surface area (Å²) in [5, 5.41) is 8.25. The summed E-state index contributed by atoms with van der Waals surface area (Å²) in [5.74, 6) is -15.1. The molecule has 2 saturated carbocycles. The maximum absolute atomic E-state index is 15.4. The quantitative estimate of drug-likeness (QED) is 0.180. The molecular formula is C73H100F8N12O12. The molecule has 2 aromatic carbocycles. The van der Waals surface area contributed by atoms with Crippen LogP contribution in [0.25, 0.3) is 0 Å². The molecule has 0 radical (unpaired) electrons. The number of hydrogen-bond donors (Lipinski definition) is 3. The lowest BCUT2D eigenvalue weighted by Gasteiger charge is -2.46. The van der Waals surface area contributed by atoms with Crippen molar-refractivity contribution in [3.63, 3.8) is 0 Å². The number of aryl methyl sites for hydroxylation is 1. The highest BCUT2D eigenvalue weighted by Crippen LogP contribution is 2.39. The number of amides is 12. The number of benzene rings is 2. The first kappa shape index (κ1) is 83.5. The van der Waals surface area contributed by atoms with Gasteiger partial charge in [0, 0.05) is 75.9 Å². The number of likely N-dealkylation sites (N-methyl/N-ethyl adjacent to an activating group) is 7. The standard InChI is InChI=1S/C73H100F8N12O12/c1-13-43(4)60-68(103)87(8)41-58(96)88(9)52-23-15-14-18-33-93(67(52)102)55(38-44-25-28-47(29-26-44)72(76,77)78)66(101)86(7)40-56(94)82-50(30-27-45-36-48(74)59(49(75)37-45)73(79,80)81)64(99)92-34-19-24-51(92)63(98)84-71(31-20-32-71)70(105)91(12)61(46-21-16-17-22-46)69(104)90(11)54(65(100)85(5)6)39-57(95)89(10)53(35-42(2)3)62(97)83-60/h14-15,25-26,28-29,36-37,42-43,46,50-55,60-61H,13,16-24,27,30-35,38-41H2,1-12H3,(H,82,94)(H,83,97)(H,84,98)/b15-14-/t43-,50-,51-,52-,53-,54-,55-,60-,61-/m0/s1. The SMILES string of the molecule is CC[C@H](C)[C@@H]1NC(=O)[C@H](CC(C)C)N(C)C(=O)C[C@@H](C(=O)N(C)C)N(C)C(=O)[C@H](C2CCCC2)N(C)C(=O)C2(CCC2)NC(=O)[C@@H]2CCCN2C(=O)[C@H](CCc2cc(F)c(C(F)(F)F)c(F)c2)NC(=O)CN(C)C(=O)[C@H](Cc2ccc(C(F)(F)F)cc2)N2CC/C=C\C[C@@H](C2=O)N(C)C(=O)CN(C)C1=O. The van der Waals surface area contributed by atoms with Gasteiger partial charge < -0.3 is 60.0 Å². The largest absolute Gasteiger partial charge is 0.422 e. The van der Waals surface area contributed by atoms with Gasteiger partial charge in [0.15, 0.2) is 0 Å². The lowest BCUT2D eigenvalue weighted by molar-refractivity contribution is -0.158. The monoisotopic (exact) mass is 1490 g/mol. The second-order valence-electron chi connectivity index (χ2n) is 29.4. The Morgan fingerprint density at radius 1 is 0.629 bits per heavy atom. The van der Waals surface area contributed by atoms with E-state index < -0.39 is 210 Å². The number of alkyl halides is 6. The third kappa shape index (κ3) is 19.9. The predicted octanol–water partition coefficient (Wildman–Crippen LogP) is 5.72. The molecule has 2 aromatic rings. The first-order valence-corrected chi connectivity index (χ1v) is 35.8. The molecule has 2 bridgehead atoms. The fraction of sp³-hybridized carbons (Fsp3) is 0.644. The minimum absolute atomic E-state index is 0.0115. The smallest absolute Gasteiger partial charge is 0.347 e. The van der Waals surface area contributed by atoms with Gasteiger partial charge in [0.2, 0.25) is 70.9 Å². The maximum atomic E-state index is 15.4. The average Bonchev–Trinajstić information content (AvgIpc) is 1.76. The molecule has 0 aromatic heterocycles. The fourth-order valence-electron chi connectivity index (χ4n) is 14.7. The molecule has 2 aliphatic carbocycles. The third-order valence-corrected chi connectivity index (χ3v) is 21.3. The number of hydrogen-bond acceptors (Lipinski definition) is 12. The van der Waals surface area contributed by atoms with Crippen LogP contribution in [0.5, 0.6) is 0 Å². The van der Waals surface area contributed by atoms with E-state index in [9.17, 15) is 59.9 Å². The Morgan fingerprint density at radius 2 is 1.25 bits per heavy atom. The van der Waals surface area contributed by atoms with Crippen LogP contribution in [0.4, 0.5) is 35.1 Å². The van der Waals surface area contributed by atoms with Crippen LogP contribution in [0, 0.1) is 29.4 Å². The van der Waals surface area contributed by atoms with E-state index in [2.05, 4.69) is 16.0 Å². The molecule has 1 spiro atoms. The molecule has 2 saturated heterocycles. The van der Waals surface area contributed by atoms with Gasteiger partial charge in [-0.3, -0.25) is 57.5 Å². The molecule has 105 heavy (non-hydrogen) atoms. The van der Waals surface area contributed by atoms with Gasteiger partial charge >= 0.3 is 12.4 Å². The van der Waals surface area contributed by atoms with Crippen LogP contribution in [0.2, 0.25) is 0 Å². The molecule has 0 unspecified atom stereocenters. The van der Waals surface area contributed by atoms with Crippen LogP contribution >= 0.6 is 0 Å². The Bertz CT molecular complexity index is 3560. The molecular weight excluding hydrogens is 1390 g/mol. The van der Waals surface area contributed by atoms with Gasteiger partial charge in [-0.25, -0.2) is 8.78 Å². The highest BCUT2D eigenvalue weighted by atomic mass is 19.4. The summed E-state index contributed by atoms with van der Waals surface area (Å²) < 4.78 is 113. The van der Waals surface area contributed by atoms with E-state index in [0.29, 0.717) is 50.7 Å². The molecule has 3 aliphatic heterocycles. The van der Waals surface area contributed by atoms with Gasteiger partial charge in [0.25, 0.3) is 0 Å². The predicted molar refractivity (Wildman–Crippen MR) is 368 cm³/mol. The van der Waals surface area contributed by atoms with Crippen molar-refractivity contribution in [2.24, 2.45) is 17.8 Å². The molecule has 4 fully saturated rings. The molecule has 24 nitrogen and oxygen atoms in total. The number of carbonyl (C=O) groups excluding carboxylic acids is 12. The summed E-state index contributed by atoms with van der Waals surface area (Å²) in [6, 6.07) is -6.99. The van der Waals surface area contributed by atoms with E-state index in [1.807, 2.05) is 0 Å². The van der Waals surface area contributed by atoms with Crippen LogP contribution in [-0.4, -0.2) is 251 Å². The number of fused-ring (bicyclic) bond motifs is 3. The van der Waals surface area contributed by atoms with E-state index in [-0.39, 0.29) is 75.1 Å². The highest BCUT2D eigenvalue weighted by molar-refractivity contribution is 6.01. The minimum atomic E-state index is -5.44. The Labute approximate surface area is 607 Å². The van der Waals surface area contributed by atoms with Crippen molar-refractivity contribution in [2.45, 2.75) is 203 Å². The van der Waals surface area contributed by atoms with Crippen LogP contribution in [0.15, 0.2) is 48.6 Å². The Morgan fingerprint density at radius 3 is 1.81 bits per heavy atom. The number of nitrogens with zero attached hydrogens (tertiary/aromatic N) is 9. The van der Waals surface area contributed by atoms with Crippen molar-refractivity contribution >= 4 is 70.9 Å². The lowest BCUT2D eigenvalue weighted by atomic mass is 9.74. The van der Waals surface area contributed by atoms with Crippen molar-refractivity contribution in [3.05, 3.63) is 82.4 Å². The van der Waals surface area contributed by atoms with Gasteiger partial charge in [0.05, 0.1) is 25.1 Å². The first-order chi connectivity index (χ1) is 49.1. The summed E-state index contributed by atoms with van der Waals surface area (Å²) in [6.45, 7) is 5.07. The van der Waals surface area contributed by atoms with Gasteiger partial charge in [-0.05, 0) is 130 Å². The molecule has 580 valence electrons. The topological polar surface area (TPSA) is 270 Å². The molecule has 3 N–H and O–H groups in total. The molecule has 12 amide bonds. The summed E-state index contributed by atoms with van der Waals surface area (Å²) in [6.07, 6.45) is -5.88. The number of nitrogens with one attached hydrogen (secondary N) is 3. The van der Waals surface area contributed by atoms with E-state index in [1.54, 1.807) is 39.8 Å². The fourth-order valence-corrected chi connectivity index (χ4v) is 14.7.